The zero-order valence-electron chi connectivity index (χ0n) is 10.5. The molecule has 100 valence electrons. The number of aryl methyl sites for hydroxylation is 1. The smallest absolute Gasteiger partial charge is 0.233 e. The molecule has 1 saturated carbocycles. The summed E-state index contributed by atoms with van der Waals surface area (Å²) in [5.41, 5.74) is 1.32. The number of anilines is 1. The Bertz CT molecular complexity index is 680. The lowest BCUT2D eigenvalue weighted by Crippen LogP contribution is -2.25. The van der Waals surface area contributed by atoms with Crippen LogP contribution in [0.5, 0.6) is 0 Å². The Balaban J connectivity index is 1.84. The zero-order chi connectivity index (χ0) is 13.8. The van der Waals surface area contributed by atoms with Crippen molar-refractivity contribution in [1.82, 2.24) is 4.98 Å². The van der Waals surface area contributed by atoms with E-state index in [2.05, 4.69) is 10.3 Å². The second-order valence-electron chi connectivity index (χ2n) is 5.08. The molecule has 0 bridgehead atoms. The van der Waals surface area contributed by atoms with Crippen molar-refractivity contribution in [2.75, 3.05) is 5.32 Å². The highest BCUT2D eigenvalue weighted by molar-refractivity contribution is 6.53. The first-order valence-electron chi connectivity index (χ1n) is 5.88. The molecule has 0 unspecified atom stereocenters. The zero-order valence-corrected chi connectivity index (χ0v) is 12.0. The molecule has 1 N–H and O–H groups in total. The van der Waals surface area contributed by atoms with Crippen LogP contribution < -0.4 is 5.32 Å². The van der Waals surface area contributed by atoms with Crippen LogP contribution in [0.3, 0.4) is 0 Å². The number of amides is 1. The van der Waals surface area contributed by atoms with Crippen LogP contribution in [0.4, 0.5) is 5.69 Å². The van der Waals surface area contributed by atoms with Crippen LogP contribution >= 0.6 is 23.2 Å². The Morgan fingerprint density at radius 1 is 1.47 bits per heavy atom. The average Bonchev–Trinajstić information content (AvgIpc) is 2.66. The van der Waals surface area contributed by atoms with Gasteiger partial charge in [-0.25, -0.2) is 4.98 Å². The fourth-order valence-electron chi connectivity index (χ4n) is 2.04. The maximum Gasteiger partial charge on any atom is 0.233 e. The molecule has 19 heavy (non-hydrogen) atoms. The molecule has 0 radical (unpaired) electrons. The van der Waals surface area contributed by atoms with Crippen molar-refractivity contribution in [3.8, 4) is 0 Å². The van der Waals surface area contributed by atoms with Crippen molar-refractivity contribution in [3.63, 3.8) is 0 Å². The van der Waals surface area contributed by atoms with Crippen LogP contribution in [-0.2, 0) is 4.79 Å². The minimum Gasteiger partial charge on any atom is -0.441 e. The second kappa shape index (κ2) is 3.87. The Labute approximate surface area is 120 Å². The molecule has 6 heteroatoms. The summed E-state index contributed by atoms with van der Waals surface area (Å²) in [6.45, 7) is 3.53. The molecule has 1 aliphatic carbocycles. The van der Waals surface area contributed by atoms with E-state index in [1.807, 2.05) is 0 Å². The van der Waals surface area contributed by atoms with Crippen molar-refractivity contribution >= 4 is 45.9 Å². The predicted octanol–water partition coefficient (Wildman–Crippen LogP) is 3.66. The molecule has 0 spiro atoms. The number of rotatable bonds is 2. The number of fused-ring (bicyclic) bond motifs is 1. The van der Waals surface area contributed by atoms with E-state index in [0.717, 1.165) is 0 Å². The van der Waals surface area contributed by atoms with Gasteiger partial charge in [0.2, 0.25) is 5.91 Å². The van der Waals surface area contributed by atoms with Crippen molar-refractivity contribution in [1.29, 1.82) is 0 Å². The number of carbonyl (C=O) groups is 1. The number of halogens is 2. The predicted molar refractivity (Wildman–Crippen MR) is 74.5 cm³/mol. The van der Waals surface area contributed by atoms with Gasteiger partial charge in [0.25, 0.3) is 0 Å². The minimum atomic E-state index is -0.967. The van der Waals surface area contributed by atoms with Crippen LogP contribution in [-0.4, -0.2) is 15.2 Å². The lowest BCUT2D eigenvalue weighted by Gasteiger charge is -2.12. The molecule has 3 rings (SSSR count). The van der Waals surface area contributed by atoms with Crippen molar-refractivity contribution in [2.45, 2.75) is 24.6 Å². The summed E-state index contributed by atoms with van der Waals surface area (Å²) in [5.74, 6) is 0.408. The molecule has 1 aromatic heterocycles. The van der Waals surface area contributed by atoms with Crippen molar-refractivity contribution < 1.29 is 9.21 Å². The second-order valence-corrected chi connectivity index (χ2v) is 6.57. The van der Waals surface area contributed by atoms with Crippen LogP contribution in [0.15, 0.2) is 22.6 Å². The molecular formula is C13H12Cl2N2O2. The maximum atomic E-state index is 12.1. The number of hydrogen-bond acceptors (Lipinski definition) is 3. The van der Waals surface area contributed by atoms with Gasteiger partial charge < -0.3 is 9.73 Å². The summed E-state index contributed by atoms with van der Waals surface area (Å²) in [4.78, 5) is 16.3. The molecule has 1 heterocycles. The first-order chi connectivity index (χ1) is 8.82. The molecule has 0 aliphatic heterocycles. The maximum absolute atomic E-state index is 12.1. The topological polar surface area (TPSA) is 55.1 Å². The molecule has 1 aliphatic rings. The van der Waals surface area contributed by atoms with Crippen LogP contribution in [0.25, 0.3) is 11.1 Å². The molecular weight excluding hydrogens is 287 g/mol. The third-order valence-corrected chi connectivity index (χ3v) is 4.61. The molecule has 1 aromatic carbocycles. The van der Waals surface area contributed by atoms with Crippen molar-refractivity contribution in [3.05, 3.63) is 24.1 Å². The van der Waals surface area contributed by atoms with Gasteiger partial charge in [0.05, 0.1) is 5.41 Å². The van der Waals surface area contributed by atoms with Gasteiger partial charge in [0.1, 0.15) is 9.85 Å². The van der Waals surface area contributed by atoms with Crippen LogP contribution in [0, 0.1) is 12.3 Å². The van der Waals surface area contributed by atoms with Gasteiger partial charge in [-0.05, 0) is 31.5 Å². The highest BCUT2D eigenvalue weighted by atomic mass is 35.5. The summed E-state index contributed by atoms with van der Waals surface area (Å²) in [5, 5.41) is 2.81. The number of alkyl halides is 2. The van der Waals surface area contributed by atoms with Gasteiger partial charge in [-0.3, -0.25) is 4.79 Å². The Hall–Kier alpha value is -1.26. The highest BCUT2D eigenvalue weighted by Gasteiger charge is 2.67. The average molecular weight is 299 g/mol. The number of benzene rings is 1. The van der Waals surface area contributed by atoms with Crippen LogP contribution in [0.1, 0.15) is 19.2 Å². The number of nitrogens with zero attached hydrogens (tertiary/aromatic N) is 1. The van der Waals surface area contributed by atoms with Gasteiger partial charge >= 0.3 is 0 Å². The van der Waals surface area contributed by atoms with E-state index in [4.69, 9.17) is 27.6 Å². The Kier molecular flexibility index (Phi) is 2.60. The van der Waals surface area contributed by atoms with Crippen LogP contribution in [0.2, 0.25) is 0 Å². The molecule has 1 amide bonds. The standard InChI is InChI=1S/C13H12Cl2N2O2/c1-7-16-9-5-8(3-4-10(9)19-7)17-11(18)12(2)6-13(12,14)15/h3-5H,6H2,1-2H3,(H,17,18)/t12-/m1/s1. The van der Waals surface area contributed by atoms with E-state index >= 15 is 0 Å². The fourth-order valence-corrected chi connectivity index (χ4v) is 2.74. The van der Waals surface area contributed by atoms with Gasteiger partial charge in [-0.15, -0.1) is 23.2 Å². The monoisotopic (exact) mass is 298 g/mol. The third kappa shape index (κ3) is 1.99. The largest absolute Gasteiger partial charge is 0.441 e. The summed E-state index contributed by atoms with van der Waals surface area (Å²) < 4.78 is 4.41. The SMILES string of the molecule is Cc1nc2cc(NC(=O)[C@@]3(C)CC3(Cl)Cl)ccc2o1. The Morgan fingerprint density at radius 3 is 2.79 bits per heavy atom. The third-order valence-electron chi connectivity index (χ3n) is 3.51. The first kappa shape index (κ1) is 12.8. The van der Waals surface area contributed by atoms with Gasteiger partial charge in [0, 0.05) is 12.6 Å². The molecule has 0 saturated heterocycles. The number of nitrogens with one attached hydrogen (secondary N) is 1. The highest BCUT2D eigenvalue weighted by Crippen LogP contribution is 2.64. The van der Waals surface area contributed by atoms with E-state index in [1.54, 1.807) is 32.0 Å². The first-order valence-corrected chi connectivity index (χ1v) is 6.64. The number of oxazole rings is 1. The van der Waals surface area contributed by atoms with E-state index in [9.17, 15) is 4.79 Å². The summed E-state index contributed by atoms with van der Waals surface area (Å²) in [7, 11) is 0. The van der Waals surface area contributed by atoms with Gasteiger partial charge in [0.15, 0.2) is 11.5 Å². The lowest BCUT2D eigenvalue weighted by atomic mass is 10.1. The number of carbonyl (C=O) groups excluding carboxylic acids is 1. The van der Waals surface area contributed by atoms with Crippen molar-refractivity contribution in [2.24, 2.45) is 5.41 Å². The quantitative estimate of drug-likeness (QED) is 0.861. The van der Waals surface area contributed by atoms with E-state index in [-0.39, 0.29) is 5.91 Å². The Morgan fingerprint density at radius 2 is 2.16 bits per heavy atom. The normalized spacial score (nSPS) is 24.4. The molecule has 4 nitrogen and oxygen atoms in total. The molecule has 1 atom stereocenters. The fraction of sp³-hybridized carbons (Fsp3) is 0.385. The van der Waals surface area contributed by atoms with Gasteiger partial charge in [-0.2, -0.15) is 0 Å². The summed E-state index contributed by atoms with van der Waals surface area (Å²) >= 11 is 12.0. The van der Waals surface area contributed by atoms with E-state index in [0.29, 0.717) is 29.1 Å². The van der Waals surface area contributed by atoms with Gasteiger partial charge in [-0.1, -0.05) is 0 Å². The van der Waals surface area contributed by atoms with E-state index < -0.39 is 9.75 Å². The summed E-state index contributed by atoms with van der Waals surface area (Å²) in [6, 6.07) is 5.30. The lowest BCUT2D eigenvalue weighted by molar-refractivity contribution is -0.120. The molecule has 2 aromatic rings. The molecule has 1 fully saturated rings. The number of aromatic nitrogens is 1. The number of hydrogen-bond donors (Lipinski definition) is 1. The summed E-state index contributed by atoms with van der Waals surface area (Å²) in [6.07, 6.45) is 0.459. The van der Waals surface area contributed by atoms with E-state index in [1.165, 1.54) is 0 Å². The minimum absolute atomic E-state index is 0.183.